The number of H-pyrrole nitrogens is 1. The number of aromatic nitrogens is 1. The van der Waals surface area contributed by atoms with Gasteiger partial charge < -0.3 is 19.9 Å². The van der Waals surface area contributed by atoms with E-state index >= 15 is 0 Å². The first-order valence-electron chi connectivity index (χ1n) is 7.51. The number of carbonyl (C=O) groups is 2. The summed E-state index contributed by atoms with van der Waals surface area (Å²) in [6.07, 6.45) is 2.34. The minimum Gasteiger partial charge on any atom is -0.464 e. The fourth-order valence-corrected chi connectivity index (χ4v) is 2.99. The maximum absolute atomic E-state index is 12.3. The highest BCUT2D eigenvalue weighted by molar-refractivity contribution is 6.11. The Kier molecular flexibility index (Phi) is 4.11. The van der Waals surface area contributed by atoms with E-state index in [1.165, 1.54) is 24.9 Å². The number of methoxy groups -OCH3 is 1. The van der Waals surface area contributed by atoms with Crippen molar-refractivity contribution in [2.24, 2.45) is 0 Å². The average Bonchev–Trinajstić information content (AvgIpc) is 3.15. The van der Waals surface area contributed by atoms with E-state index in [9.17, 15) is 9.59 Å². The largest absolute Gasteiger partial charge is 0.464 e. The van der Waals surface area contributed by atoms with Crippen LogP contribution in [0.4, 0.5) is 5.69 Å². The van der Waals surface area contributed by atoms with Crippen LogP contribution in [0.3, 0.4) is 0 Å². The number of hydrogen-bond acceptors (Lipinski definition) is 3. The number of hydrogen-bond donors (Lipinski definition) is 3. The molecule has 1 saturated heterocycles. The van der Waals surface area contributed by atoms with Gasteiger partial charge in [0.2, 0.25) is 0 Å². The molecule has 3 rings (SSSR count). The SMILES string of the molecule is COC(=O)c1[nH]c2ccccc2c1NC(=O)C[NH+]1CCCC1. The zero-order valence-corrected chi connectivity index (χ0v) is 12.6. The van der Waals surface area contributed by atoms with E-state index in [1.807, 2.05) is 24.3 Å². The molecule has 116 valence electrons. The van der Waals surface area contributed by atoms with Crippen LogP contribution in [0.2, 0.25) is 0 Å². The van der Waals surface area contributed by atoms with Gasteiger partial charge in [-0.25, -0.2) is 4.79 Å². The van der Waals surface area contributed by atoms with Crippen LogP contribution in [0.15, 0.2) is 24.3 Å². The van der Waals surface area contributed by atoms with Crippen molar-refractivity contribution >= 4 is 28.5 Å². The van der Waals surface area contributed by atoms with E-state index in [0.29, 0.717) is 12.2 Å². The van der Waals surface area contributed by atoms with Crippen molar-refractivity contribution in [3.63, 3.8) is 0 Å². The molecule has 0 bridgehead atoms. The fraction of sp³-hybridized carbons (Fsp3) is 0.375. The number of likely N-dealkylation sites (tertiary alicyclic amines) is 1. The summed E-state index contributed by atoms with van der Waals surface area (Å²) >= 11 is 0. The number of rotatable bonds is 4. The number of para-hydroxylation sites is 1. The number of anilines is 1. The lowest BCUT2D eigenvalue weighted by molar-refractivity contribution is -0.878. The highest BCUT2D eigenvalue weighted by atomic mass is 16.5. The predicted octanol–water partition coefficient (Wildman–Crippen LogP) is 0.572. The molecule has 2 aromatic rings. The van der Waals surface area contributed by atoms with Gasteiger partial charge in [-0.05, 0) is 6.07 Å². The summed E-state index contributed by atoms with van der Waals surface area (Å²) in [5.74, 6) is -0.563. The molecule has 6 nitrogen and oxygen atoms in total. The second-order valence-corrected chi connectivity index (χ2v) is 5.59. The summed E-state index contributed by atoms with van der Waals surface area (Å²) in [4.78, 5) is 28.5. The predicted molar refractivity (Wildman–Crippen MR) is 83.1 cm³/mol. The first kappa shape index (κ1) is 14.6. The van der Waals surface area contributed by atoms with Crippen molar-refractivity contribution in [1.82, 2.24) is 4.98 Å². The molecule has 0 atom stereocenters. The van der Waals surface area contributed by atoms with Gasteiger partial charge in [-0.3, -0.25) is 4.79 Å². The van der Waals surface area contributed by atoms with Crippen molar-refractivity contribution in [3.05, 3.63) is 30.0 Å². The van der Waals surface area contributed by atoms with Crippen LogP contribution in [-0.4, -0.2) is 43.6 Å². The highest BCUT2D eigenvalue weighted by Gasteiger charge is 2.23. The van der Waals surface area contributed by atoms with Crippen LogP contribution < -0.4 is 10.2 Å². The minimum atomic E-state index is -0.486. The molecule has 1 aromatic carbocycles. The van der Waals surface area contributed by atoms with Gasteiger partial charge in [0.1, 0.15) is 5.69 Å². The number of aromatic amines is 1. The Morgan fingerprint density at radius 1 is 1.27 bits per heavy atom. The van der Waals surface area contributed by atoms with Crippen LogP contribution in [0.5, 0.6) is 0 Å². The van der Waals surface area contributed by atoms with E-state index in [2.05, 4.69) is 10.3 Å². The molecule has 22 heavy (non-hydrogen) atoms. The molecule has 0 saturated carbocycles. The summed E-state index contributed by atoms with van der Waals surface area (Å²) < 4.78 is 4.79. The van der Waals surface area contributed by atoms with E-state index < -0.39 is 5.97 Å². The number of fused-ring (bicyclic) bond motifs is 1. The van der Waals surface area contributed by atoms with Gasteiger partial charge in [0.25, 0.3) is 5.91 Å². The number of nitrogens with one attached hydrogen (secondary N) is 3. The molecule has 3 N–H and O–H groups in total. The van der Waals surface area contributed by atoms with Gasteiger partial charge in [0.05, 0.1) is 25.9 Å². The fourth-order valence-electron chi connectivity index (χ4n) is 2.99. The van der Waals surface area contributed by atoms with Crippen LogP contribution in [0, 0.1) is 0 Å². The normalized spacial score (nSPS) is 15.1. The van der Waals surface area contributed by atoms with Gasteiger partial charge in [0, 0.05) is 23.7 Å². The zero-order chi connectivity index (χ0) is 15.5. The maximum Gasteiger partial charge on any atom is 0.356 e. The first-order chi connectivity index (χ1) is 10.7. The Balaban J connectivity index is 1.87. The Labute approximate surface area is 128 Å². The molecule has 0 radical (unpaired) electrons. The number of esters is 1. The lowest BCUT2D eigenvalue weighted by atomic mass is 10.2. The molecule has 0 unspecified atom stereocenters. The smallest absolute Gasteiger partial charge is 0.356 e. The third kappa shape index (κ3) is 2.82. The van der Waals surface area contributed by atoms with Gasteiger partial charge in [-0.1, -0.05) is 18.2 Å². The summed E-state index contributed by atoms with van der Waals surface area (Å²) in [5.41, 5.74) is 1.59. The van der Waals surface area contributed by atoms with Gasteiger partial charge >= 0.3 is 5.97 Å². The van der Waals surface area contributed by atoms with Gasteiger partial charge in [-0.2, -0.15) is 0 Å². The van der Waals surface area contributed by atoms with E-state index in [1.54, 1.807) is 0 Å². The molecule has 0 aliphatic carbocycles. The molecule has 1 aliphatic rings. The topological polar surface area (TPSA) is 75.6 Å². The number of carbonyl (C=O) groups excluding carboxylic acids is 2. The van der Waals surface area contributed by atoms with E-state index in [4.69, 9.17) is 4.74 Å². The van der Waals surface area contributed by atoms with Crippen molar-refractivity contribution in [2.75, 3.05) is 32.1 Å². The van der Waals surface area contributed by atoms with E-state index in [-0.39, 0.29) is 11.6 Å². The molecule has 2 heterocycles. The van der Waals surface area contributed by atoms with Crippen LogP contribution >= 0.6 is 0 Å². The number of amides is 1. The summed E-state index contributed by atoms with van der Waals surface area (Å²) in [6, 6.07) is 7.48. The third-order valence-corrected chi connectivity index (χ3v) is 4.08. The molecular weight excluding hydrogens is 282 g/mol. The molecule has 6 heteroatoms. The Bertz CT molecular complexity index is 702. The molecular formula is C16H20N3O3+. The van der Waals surface area contributed by atoms with Crippen molar-refractivity contribution < 1.29 is 19.2 Å². The van der Waals surface area contributed by atoms with Crippen LogP contribution in [0.25, 0.3) is 10.9 Å². The maximum atomic E-state index is 12.3. The summed E-state index contributed by atoms with van der Waals surface area (Å²) in [6.45, 7) is 2.50. The van der Waals surface area contributed by atoms with Gasteiger partial charge in [0.15, 0.2) is 6.54 Å². The lowest BCUT2D eigenvalue weighted by Gasteiger charge is -2.12. The van der Waals surface area contributed by atoms with Crippen molar-refractivity contribution in [1.29, 1.82) is 0 Å². The number of quaternary nitrogens is 1. The second kappa shape index (κ2) is 6.19. The molecule has 0 spiro atoms. The standard InChI is InChI=1S/C16H19N3O3/c1-22-16(21)15-14(11-6-2-3-7-12(11)17-15)18-13(20)10-19-8-4-5-9-19/h2-3,6-7,17H,4-5,8-10H2,1H3,(H,18,20)/p+1. The average molecular weight is 302 g/mol. The lowest BCUT2D eigenvalue weighted by Crippen LogP contribution is -3.11. The van der Waals surface area contributed by atoms with Crippen molar-refractivity contribution in [3.8, 4) is 0 Å². The molecule has 1 amide bonds. The zero-order valence-electron chi connectivity index (χ0n) is 12.6. The van der Waals surface area contributed by atoms with Gasteiger partial charge in [-0.15, -0.1) is 0 Å². The van der Waals surface area contributed by atoms with E-state index in [0.717, 1.165) is 24.0 Å². The third-order valence-electron chi connectivity index (χ3n) is 4.08. The number of benzene rings is 1. The highest BCUT2D eigenvalue weighted by Crippen LogP contribution is 2.28. The Hall–Kier alpha value is -2.34. The Morgan fingerprint density at radius 3 is 2.73 bits per heavy atom. The Morgan fingerprint density at radius 2 is 2.00 bits per heavy atom. The summed E-state index contributed by atoms with van der Waals surface area (Å²) in [7, 11) is 1.33. The monoisotopic (exact) mass is 302 g/mol. The summed E-state index contributed by atoms with van der Waals surface area (Å²) in [5, 5.41) is 3.70. The molecule has 1 fully saturated rings. The molecule has 1 aromatic heterocycles. The molecule has 1 aliphatic heterocycles. The van der Waals surface area contributed by atoms with Crippen LogP contribution in [0.1, 0.15) is 23.3 Å². The minimum absolute atomic E-state index is 0.0770. The van der Waals surface area contributed by atoms with Crippen molar-refractivity contribution in [2.45, 2.75) is 12.8 Å². The number of ether oxygens (including phenoxy) is 1. The second-order valence-electron chi connectivity index (χ2n) is 5.59. The first-order valence-corrected chi connectivity index (χ1v) is 7.51. The quantitative estimate of drug-likeness (QED) is 0.723. The van der Waals surface area contributed by atoms with Crippen LogP contribution in [-0.2, 0) is 9.53 Å².